The number of carbonyl (C=O) groups excluding carboxylic acids is 1. The number of sulfone groups is 1. The molecule has 1 aliphatic rings. The van der Waals surface area contributed by atoms with Gasteiger partial charge in [-0.3, -0.25) is 4.79 Å². The Morgan fingerprint density at radius 1 is 1.25 bits per heavy atom. The highest BCUT2D eigenvalue weighted by Gasteiger charge is 2.15. The van der Waals surface area contributed by atoms with E-state index in [0.29, 0.717) is 17.1 Å². The summed E-state index contributed by atoms with van der Waals surface area (Å²) in [6.45, 7) is 0.582. The average molecular weight is 370 g/mol. The van der Waals surface area contributed by atoms with E-state index in [1.165, 1.54) is 18.4 Å². The van der Waals surface area contributed by atoms with E-state index in [9.17, 15) is 13.2 Å². The molecule has 0 aliphatic heterocycles. The Morgan fingerprint density at radius 3 is 2.79 bits per heavy atom. The maximum Gasteiger partial charge on any atom is 0.221 e. The van der Waals surface area contributed by atoms with Crippen LogP contribution >= 0.6 is 11.6 Å². The van der Waals surface area contributed by atoms with Crippen molar-refractivity contribution in [1.82, 2.24) is 5.32 Å². The molecule has 0 saturated carbocycles. The van der Waals surface area contributed by atoms with Gasteiger partial charge in [-0.15, -0.1) is 0 Å². The van der Waals surface area contributed by atoms with Gasteiger partial charge in [0.25, 0.3) is 0 Å². The van der Waals surface area contributed by atoms with Crippen LogP contribution in [0, 0.1) is 0 Å². The predicted molar refractivity (Wildman–Crippen MR) is 97.7 cm³/mol. The Hall–Kier alpha value is -1.33. The maximum absolute atomic E-state index is 12.1. The standard InChI is InChI=1S/C18H24ClNO3S/c19-17-8-4-7-16(13-17)14-24(22,23)12-10-18(21)20-11-9-15-5-2-1-3-6-15/h4-5,7-8,13H,1-3,6,9-12,14H2,(H,20,21). The summed E-state index contributed by atoms with van der Waals surface area (Å²) in [5.74, 6) is -0.442. The number of amides is 1. The zero-order valence-electron chi connectivity index (χ0n) is 13.8. The molecule has 1 amide bonds. The summed E-state index contributed by atoms with van der Waals surface area (Å²) in [6, 6.07) is 6.78. The fourth-order valence-corrected chi connectivity index (χ4v) is 4.32. The van der Waals surface area contributed by atoms with Crippen LogP contribution in [-0.4, -0.2) is 26.6 Å². The monoisotopic (exact) mass is 369 g/mol. The SMILES string of the molecule is O=C(CCS(=O)(=O)Cc1cccc(Cl)c1)NCCC1=CCCCC1. The second-order valence-electron chi connectivity index (χ2n) is 6.18. The Labute approximate surface area is 149 Å². The third kappa shape index (κ3) is 7.05. The molecule has 0 unspecified atom stereocenters. The molecule has 0 radical (unpaired) electrons. The van der Waals surface area contributed by atoms with E-state index < -0.39 is 9.84 Å². The van der Waals surface area contributed by atoms with Crippen LogP contribution in [0.5, 0.6) is 0 Å². The number of halogens is 1. The van der Waals surface area contributed by atoms with Gasteiger partial charge in [-0.1, -0.05) is 35.4 Å². The van der Waals surface area contributed by atoms with Crippen molar-refractivity contribution in [2.75, 3.05) is 12.3 Å². The van der Waals surface area contributed by atoms with Gasteiger partial charge in [0.15, 0.2) is 9.84 Å². The van der Waals surface area contributed by atoms with Gasteiger partial charge in [-0.25, -0.2) is 8.42 Å². The van der Waals surface area contributed by atoms with Crippen LogP contribution in [0.15, 0.2) is 35.9 Å². The Kier molecular flexibility index (Phi) is 7.31. The molecule has 1 aromatic carbocycles. The van der Waals surface area contributed by atoms with Crippen molar-refractivity contribution in [3.8, 4) is 0 Å². The van der Waals surface area contributed by atoms with E-state index in [2.05, 4.69) is 11.4 Å². The molecular weight excluding hydrogens is 346 g/mol. The number of allylic oxidation sites excluding steroid dienone is 1. The van der Waals surface area contributed by atoms with Gasteiger partial charge < -0.3 is 5.32 Å². The summed E-state index contributed by atoms with van der Waals surface area (Å²) < 4.78 is 24.2. The molecule has 1 aromatic rings. The largest absolute Gasteiger partial charge is 0.356 e. The second-order valence-corrected chi connectivity index (χ2v) is 8.80. The van der Waals surface area contributed by atoms with E-state index in [1.807, 2.05) is 0 Å². The molecule has 24 heavy (non-hydrogen) atoms. The van der Waals surface area contributed by atoms with Crippen molar-refractivity contribution in [3.63, 3.8) is 0 Å². The van der Waals surface area contributed by atoms with Crippen molar-refractivity contribution in [3.05, 3.63) is 46.5 Å². The highest BCUT2D eigenvalue weighted by molar-refractivity contribution is 7.90. The smallest absolute Gasteiger partial charge is 0.221 e. The predicted octanol–water partition coefficient (Wildman–Crippen LogP) is 3.65. The molecule has 0 fully saturated rings. The molecule has 0 aromatic heterocycles. The summed E-state index contributed by atoms with van der Waals surface area (Å²) in [6.07, 6.45) is 7.84. The van der Waals surface area contributed by atoms with Gasteiger partial charge in [0.05, 0.1) is 11.5 Å². The van der Waals surface area contributed by atoms with E-state index >= 15 is 0 Å². The van der Waals surface area contributed by atoms with Crippen molar-refractivity contribution in [1.29, 1.82) is 0 Å². The van der Waals surface area contributed by atoms with E-state index in [0.717, 1.165) is 19.3 Å². The fourth-order valence-electron chi connectivity index (χ4n) is 2.78. The van der Waals surface area contributed by atoms with Gasteiger partial charge in [-0.2, -0.15) is 0 Å². The number of benzene rings is 1. The lowest BCUT2D eigenvalue weighted by Gasteiger charge is -2.13. The topological polar surface area (TPSA) is 63.2 Å². The molecule has 0 saturated heterocycles. The van der Waals surface area contributed by atoms with Crippen LogP contribution in [0.2, 0.25) is 5.02 Å². The summed E-state index contributed by atoms with van der Waals surface area (Å²) in [5, 5.41) is 3.32. The van der Waals surface area contributed by atoms with Gasteiger partial charge in [-0.05, 0) is 49.8 Å². The second kappa shape index (κ2) is 9.23. The van der Waals surface area contributed by atoms with Crippen LogP contribution in [0.1, 0.15) is 44.1 Å². The molecule has 6 heteroatoms. The van der Waals surface area contributed by atoms with Crippen LogP contribution in [0.4, 0.5) is 0 Å². The Morgan fingerprint density at radius 2 is 2.08 bits per heavy atom. The van der Waals surface area contributed by atoms with Crippen molar-refractivity contribution in [2.24, 2.45) is 0 Å². The van der Waals surface area contributed by atoms with Gasteiger partial charge >= 0.3 is 0 Å². The number of hydrogen-bond acceptors (Lipinski definition) is 3. The number of nitrogens with one attached hydrogen (secondary N) is 1. The summed E-state index contributed by atoms with van der Waals surface area (Å²) in [5.41, 5.74) is 2.04. The summed E-state index contributed by atoms with van der Waals surface area (Å²) >= 11 is 5.86. The normalized spacial score (nSPS) is 15.0. The molecular formula is C18H24ClNO3S. The Balaban J connectivity index is 1.71. The lowest BCUT2D eigenvalue weighted by Crippen LogP contribution is -2.27. The zero-order chi connectivity index (χ0) is 17.4. The molecule has 1 aliphatic carbocycles. The van der Waals surface area contributed by atoms with Gasteiger partial charge in [0, 0.05) is 18.0 Å². The highest BCUT2D eigenvalue weighted by atomic mass is 35.5. The molecule has 0 atom stereocenters. The lowest BCUT2D eigenvalue weighted by atomic mass is 9.97. The highest BCUT2D eigenvalue weighted by Crippen LogP contribution is 2.19. The van der Waals surface area contributed by atoms with Crippen molar-refractivity contribution < 1.29 is 13.2 Å². The van der Waals surface area contributed by atoms with Crippen LogP contribution in [0.3, 0.4) is 0 Å². The molecule has 132 valence electrons. The average Bonchev–Trinajstić information content (AvgIpc) is 2.54. The van der Waals surface area contributed by atoms with Crippen molar-refractivity contribution >= 4 is 27.3 Å². The van der Waals surface area contributed by atoms with E-state index in [-0.39, 0.29) is 23.8 Å². The molecule has 0 spiro atoms. The first kappa shape index (κ1) is 19.0. The molecule has 0 heterocycles. The number of rotatable bonds is 8. The lowest BCUT2D eigenvalue weighted by molar-refractivity contribution is -0.120. The van der Waals surface area contributed by atoms with Crippen LogP contribution in [-0.2, 0) is 20.4 Å². The maximum atomic E-state index is 12.1. The van der Waals surface area contributed by atoms with E-state index in [1.54, 1.807) is 24.3 Å². The minimum absolute atomic E-state index is 0.00193. The third-order valence-electron chi connectivity index (χ3n) is 4.07. The molecule has 4 nitrogen and oxygen atoms in total. The number of hydrogen-bond donors (Lipinski definition) is 1. The third-order valence-corrected chi connectivity index (χ3v) is 5.90. The van der Waals surface area contributed by atoms with Crippen LogP contribution < -0.4 is 5.32 Å². The molecule has 0 bridgehead atoms. The minimum Gasteiger partial charge on any atom is -0.356 e. The summed E-state index contributed by atoms with van der Waals surface area (Å²) in [7, 11) is -3.32. The number of carbonyl (C=O) groups is 1. The Bertz CT molecular complexity index is 698. The first-order chi connectivity index (χ1) is 11.4. The summed E-state index contributed by atoms with van der Waals surface area (Å²) in [4.78, 5) is 11.8. The minimum atomic E-state index is -3.32. The molecule has 2 rings (SSSR count). The van der Waals surface area contributed by atoms with Gasteiger partial charge in [0.2, 0.25) is 5.91 Å². The zero-order valence-corrected chi connectivity index (χ0v) is 15.3. The quantitative estimate of drug-likeness (QED) is 0.711. The van der Waals surface area contributed by atoms with Crippen LogP contribution in [0.25, 0.3) is 0 Å². The van der Waals surface area contributed by atoms with E-state index in [4.69, 9.17) is 11.6 Å². The van der Waals surface area contributed by atoms with Gasteiger partial charge in [0.1, 0.15) is 0 Å². The van der Waals surface area contributed by atoms with Crippen molar-refractivity contribution in [2.45, 2.75) is 44.3 Å². The molecule has 1 N–H and O–H groups in total. The first-order valence-corrected chi connectivity index (χ1v) is 10.5. The fraction of sp³-hybridized carbons (Fsp3) is 0.500. The first-order valence-electron chi connectivity index (χ1n) is 8.34.